The predicted octanol–water partition coefficient (Wildman–Crippen LogP) is 1.56. The smallest absolute Gasteiger partial charge is 0.262 e. The number of anilines is 3. The number of ether oxygens (including phenoxy) is 1. The number of benzene rings is 1. The lowest BCUT2D eigenvalue weighted by Crippen LogP contribution is -2.31. The molecule has 1 amide bonds. The Morgan fingerprint density at radius 2 is 2.14 bits per heavy atom. The summed E-state index contributed by atoms with van der Waals surface area (Å²) < 4.78 is 5.33. The number of hydrogen-bond donors (Lipinski definition) is 4. The number of nitrogen functional groups attached to an aromatic ring is 1. The van der Waals surface area contributed by atoms with Gasteiger partial charge in [-0.25, -0.2) is 0 Å². The minimum atomic E-state index is -0.166. The van der Waals surface area contributed by atoms with Gasteiger partial charge in [-0.05, 0) is 18.9 Å². The highest BCUT2D eigenvalue weighted by Gasteiger charge is 2.33. The summed E-state index contributed by atoms with van der Waals surface area (Å²) in [6.07, 6.45) is 4.37. The normalized spacial score (nSPS) is 19.6. The Morgan fingerprint density at radius 3 is 2.86 bits per heavy atom. The molecule has 3 rings (SSSR count). The number of aliphatic hydroxyl groups is 1. The molecule has 0 aromatic heterocycles. The lowest BCUT2D eigenvalue weighted by atomic mass is 9.87. The van der Waals surface area contributed by atoms with E-state index < -0.39 is 0 Å². The van der Waals surface area contributed by atoms with Gasteiger partial charge < -0.3 is 26.2 Å². The molecular weight excluding hydrogens is 270 g/mol. The topological polar surface area (TPSA) is 96.6 Å². The van der Waals surface area contributed by atoms with Crippen LogP contribution in [0.25, 0.3) is 0 Å². The predicted molar refractivity (Wildman–Crippen MR) is 81.5 cm³/mol. The summed E-state index contributed by atoms with van der Waals surface area (Å²) in [4.78, 5) is 11.4. The van der Waals surface area contributed by atoms with Crippen molar-refractivity contribution in [3.63, 3.8) is 0 Å². The average molecular weight is 291 g/mol. The van der Waals surface area contributed by atoms with Crippen LogP contribution < -0.4 is 21.1 Å². The van der Waals surface area contributed by atoms with Gasteiger partial charge in [-0.15, -0.1) is 0 Å². The van der Waals surface area contributed by atoms with Crippen LogP contribution in [0.15, 0.2) is 12.1 Å². The Bertz CT molecular complexity index is 553. The summed E-state index contributed by atoms with van der Waals surface area (Å²) in [5.74, 6) is 0.427. The second-order valence-corrected chi connectivity index (χ2v) is 5.99. The minimum absolute atomic E-state index is 0.0207. The van der Waals surface area contributed by atoms with Crippen LogP contribution in [0.1, 0.15) is 25.7 Å². The van der Waals surface area contributed by atoms with Gasteiger partial charge in [0.25, 0.3) is 5.91 Å². The van der Waals surface area contributed by atoms with Gasteiger partial charge in [0.05, 0.1) is 23.7 Å². The van der Waals surface area contributed by atoms with Crippen LogP contribution in [0.3, 0.4) is 0 Å². The van der Waals surface area contributed by atoms with Crippen LogP contribution in [0.4, 0.5) is 17.1 Å². The third-order valence-corrected chi connectivity index (χ3v) is 4.44. The first-order chi connectivity index (χ1) is 10.1. The standard InChI is InChI=1S/C15H21N3O3/c16-10-5-13-12(18-14(20)7-21-13)6-11(10)17-8-15(9-19)3-1-2-4-15/h5-6,17,19H,1-4,7-9,16H2,(H,18,20). The maximum atomic E-state index is 11.4. The van der Waals surface area contributed by atoms with Gasteiger partial charge in [-0.1, -0.05) is 12.8 Å². The zero-order valence-electron chi connectivity index (χ0n) is 11.9. The number of fused-ring (bicyclic) bond motifs is 1. The number of nitrogens with one attached hydrogen (secondary N) is 2. The monoisotopic (exact) mass is 291 g/mol. The van der Waals surface area contributed by atoms with E-state index >= 15 is 0 Å². The van der Waals surface area contributed by atoms with Crippen molar-refractivity contribution in [2.75, 3.05) is 36.1 Å². The van der Waals surface area contributed by atoms with Crippen LogP contribution in [0.5, 0.6) is 5.75 Å². The fourth-order valence-corrected chi connectivity index (χ4v) is 3.09. The van der Waals surface area contributed by atoms with E-state index in [1.54, 1.807) is 12.1 Å². The molecule has 1 fully saturated rings. The largest absolute Gasteiger partial charge is 0.482 e. The first kappa shape index (κ1) is 14.0. The molecule has 2 aliphatic rings. The molecule has 0 radical (unpaired) electrons. The van der Waals surface area contributed by atoms with Crippen molar-refractivity contribution in [3.8, 4) is 5.75 Å². The van der Waals surface area contributed by atoms with Gasteiger partial charge in [0.2, 0.25) is 0 Å². The number of aliphatic hydroxyl groups excluding tert-OH is 1. The highest BCUT2D eigenvalue weighted by atomic mass is 16.5. The highest BCUT2D eigenvalue weighted by molar-refractivity contribution is 5.97. The second-order valence-electron chi connectivity index (χ2n) is 5.99. The third-order valence-electron chi connectivity index (χ3n) is 4.44. The van der Waals surface area contributed by atoms with E-state index in [0.29, 0.717) is 23.7 Å². The zero-order valence-corrected chi connectivity index (χ0v) is 11.9. The van der Waals surface area contributed by atoms with Crippen LogP contribution >= 0.6 is 0 Å². The molecule has 114 valence electrons. The molecule has 0 unspecified atom stereocenters. The van der Waals surface area contributed by atoms with Crippen molar-refractivity contribution in [2.45, 2.75) is 25.7 Å². The number of nitrogens with two attached hydrogens (primary N) is 1. The number of carbonyl (C=O) groups excluding carboxylic acids is 1. The summed E-state index contributed by atoms with van der Waals surface area (Å²) in [5.41, 5.74) is 7.95. The van der Waals surface area contributed by atoms with Gasteiger partial charge in [-0.2, -0.15) is 0 Å². The van der Waals surface area contributed by atoms with E-state index in [1.165, 1.54) is 0 Å². The lowest BCUT2D eigenvalue weighted by Gasteiger charge is -2.28. The van der Waals surface area contributed by atoms with E-state index in [2.05, 4.69) is 10.6 Å². The van der Waals surface area contributed by atoms with Crippen molar-refractivity contribution < 1.29 is 14.6 Å². The summed E-state index contributed by atoms with van der Waals surface area (Å²) >= 11 is 0. The van der Waals surface area contributed by atoms with Crippen molar-refractivity contribution in [1.82, 2.24) is 0 Å². The summed E-state index contributed by atoms with van der Waals surface area (Å²) in [6, 6.07) is 3.51. The Hall–Kier alpha value is -1.95. The average Bonchev–Trinajstić information content (AvgIpc) is 2.95. The molecule has 21 heavy (non-hydrogen) atoms. The van der Waals surface area contributed by atoms with E-state index in [4.69, 9.17) is 10.5 Å². The van der Waals surface area contributed by atoms with E-state index in [-0.39, 0.29) is 24.5 Å². The molecule has 6 heteroatoms. The van der Waals surface area contributed by atoms with Crippen molar-refractivity contribution in [2.24, 2.45) is 5.41 Å². The highest BCUT2D eigenvalue weighted by Crippen LogP contribution is 2.39. The van der Waals surface area contributed by atoms with E-state index in [1.807, 2.05) is 0 Å². The van der Waals surface area contributed by atoms with Gasteiger partial charge in [0.1, 0.15) is 5.75 Å². The number of carbonyl (C=O) groups is 1. The molecule has 0 bridgehead atoms. The summed E-state index contributed by atoms with van der Waals surface area (Å²) in [5, 5.41) is 15.7. The van der Waals surface area contributed by atoms with Crippen molar-refractivity contribution in [1.29, 1.82) is 0 Å². The summed E-state index contributed by atoms with van der Waals surface area (Å²) in [7, 11) is 0. The van der Waals surface area contributed by atoms with Gasteiger partial charge in [-0.3, -0.25) is 4.79 Å². The quantitative estimate of drug-likeness (QED) is 0.631. The Morgan fingerprint density at radius 1 is 1.38 bits per heavy atom. The molecule has 0 atom stereocenters. The van der Waals surface area contributed by atoms with Crippen LogP contribution in [0, 0.1) is 5.41 Å². The molecule has 5 N–H and O–H groups in total. The van der Waals surface area contributed by atoms with Crippen LogP contribution in [-0.2, 0) is 4.79 Å². The van der Waals surface area contributed by atoms with E-state index in [0.717, 1.165) is 31.4 Å². The van der Waals surface area contributed by atoms with Crippen LogP contribution in [0.2, 0.25) is 0 Å². The third kappa shape index (κ3) is 2.76. The van der Waals surface area contributed by atoms with Crippen molar-refractivity contribution >= 4 is 23.0 Å². The minimum Gasteiger partial charge on any atom is -0.482 e. The molecule has 1 aromatic carbocycles. The molecular formula is C15H21N3O3. The number of hydrogen-bond acceptors (Lipinski definition) is 5. The summed E-state index contributed by atoms with van der Waals surface area (Å²) in [6.45, 7) is 0.888. The molecule has 1 aliphatic heterocycles. The maximum absolute atomic E-state index is 11.4. The molecule has 0 spiro atoms. The first-order valence-electron chi connectivity index (χ1n) is 7.33. The SMILES string of the molecule is Nc1cc2c(cc1NCC1(CO)CCCC1)NC(=O)CO2. The first-order valence-corrected chi connectivity index (χ1v) is 7.33. The molecule has 0 saturated heterocycles. The Kier molecular flexibility index (Phi) is 3.63. The molecule has 1 aromatic rings. The maximum Gasteiger partial charge on any atom is 0.262 e. The van der Waals surface area contributed by atoms with Crippen LogP contribution in [-0.4, -0.2) is 30.8 Å². The molecule has 1 heterocycles. The van der Waals surface area contributed by atoms with Crippen molar-refractivity contribution in [3.05, 3.63) is 12.1 Å². The van der Waals surface area contributed by atoms with E-state index in [9.17, 15) is 9.90 Å². The van der Waals surface area contributed by atoms with Gasteiger partial charge in [0.15, 0.2) is 6.61 Å². The Labute approximate surface area is 123 Å². The van der Waals surface area contributed by atoms with Gasteiger partial charge in [0, 0.05) is 18.0 Å². The Balaban J connectivity index is 1.76. The number of rotatable bonds is 4. The zero-order chi connectivity index (χ0) is 14.9. The fraction of sp³-hybridized carbons (Fsp3) is 0.533. The molecule has 6 nitrogen and oxygen atoms in total. The number of amides is 1. The second kappa shape index (κ2) is 5.44. The fourth-order valence-electron chi connectivity index (χ4n) is 3.09. The molecule has 1 saturated carbocycles. The molecule has 1 aliphatic carbocycles. The lowest BCUT2D eigenvalue weighted by molar-refractivity contribution is -0.118. The van der Waals surface area contributed by atoms with Gasteiger partial charge >= 0.3 is 0 Å².